The normalized spacial score (nSPS) is 22.9. The van der Waals surface area contributed by atoms with Gasteiger partial charge in [0.15, 0.2) is 0 Å². The zero-order valence-electron chi connectivity index (χ0n) is 20.5. The van der Waals surface area contributed by atoms with Gasteiger partial charge in [0.2, 0.25) is 5.91 Å². The average molecular weight is 540 g/mol. The van der Waals surface area contributed by atoms with E-state index < -0.39 is 5.82 Å². The Bertz CT molecular complexity index is 1380. The fourth-order valence-electron chi connectivity index (χ4n) is 5.05. The van der Waals surface area contributed by atoms with Gasteiger partial charge < -0.3 is 24.8 Å². The van der Waals surface area contributed by atoms with Crippen LogP contribution in [0, 0.1) is 5.82 Å². The van der Waals surface area contributed by atoms with Crippen LogP contribution in [0.15, 0.2) is 48.8 Å². The van der Waals surface area contributed by atoms with E-state index in [4.69, 9.17) is 25.8 Å². The molecular weight excluding hydrogens is 513 g/mol. The summed E-state index contributed by atoms with van der Waals surface area (Å²) in [6.45, 7) is 3.46. The number of morpholine rings is 1. The summed E-state index contributed by atoms with van der Waals surface area (Å²) in [5.74, 6) is 0.198. The second-order valence-electron chi connectivity index (χ2n) is 9.64. The first-order valence-electron chi connectivity index (χ1n) is 12.6. The van der Waals surface area contributed by atoms with Crippen molar-refractivity contribution < 1.29 is 23.4 Å². The van der Waals surface area contributed by atoms with Gasteiger partial charge in [-0.15, -0.1) is 0 Å². The molecule has 3 aromatic rings. The lowest BCUT2D eigenvalue weighted by atomic mass is 10.1. The molecule has 2 bridgehead atoms. The number of rotatable bonds is 8. The molecule has 198 valence electrons. The molecule has 0 saturated carbocycles. The van der Waals surface area contributed by atoms with E-state index >= 15 is 0 Å². The molecule has 9 nitrogen and oxygen atoms in total. The minimum atomic E-state index is -0.508. The Morgan fingerprint density at radius 3 is 2.95 bits per heavy atom. The van der Waals surface area contributed by atoms with Crippen molar-refractivity contribution in [3.63, 3.8) is 0 Å². The number of likely N-dealkylation sites (tertiary alicyclic amines) is 1. The number of carbonyl (C=O) groups excluding carboxylic acids is 1. The Balaban J connectivity index is 1.25. The standard InChI is InChI=1S/C27H27ClFN5O4/c28-21-8-16(3-4-22(21)29)32-27-20-10-24(25(11-23(20)30-15-31-27)38-18-5-7-36-14-18)33-26(35)2-1-6-34-12-19-9-17(34)13-37-19/h1-4,8,10-11,15,17-19H,5-7,9,12-14H2,(H,33,35)(H,30,31,32)/b2-1+/t17-,18-,19-/m0/s1. The molecule has 3 aliphatic heterocycles. The van der Waals surface area contributed by atoms with Gasteiger partial charge in [-0.1, -0.05) is 17.7 Å². The number of anilines is 3. The number of nitrogens with zero attached hydrogens (tertiary/aromatic N) is 3. The van der Waals surface area contributed by atoms with Crippen molar-refractivity contribution in [2.24, 2.45) is 0 Å². The average Bonchev–Trinajstić information content (AvgIpc) is 3.66. The van der Waals surface area contributed by atoms with Gasteiger partial charge in [0, 0.05) is 48.8 Å². The van der Waals surface area contributed by atoms with Crippen LogP contribution in [0.1, 0.15) is 12.8 Å². The summed E-state index contributed by atoms with van der Waals surface area (Å²) in [5, 5.41) is 6.76. The number of benzene rings is 2. The summed E-state index contributed by atoms with van der Waals surface area (Å²) in [6, 6.07) is 8.31. The quantitative estimate of drug-likeness (QED) is 0.409. The number of fused-ring (bicyclic) bond motifs is 3. The Labute approximate surface area is 223 Å². The Morgan fingerprint density at radius 2 is 2.18 bits per heavy atom. The number of hydrogen-bond acceptors (Lipinski definition) is 8. The molecular formula is C27H27ClFN5O4. The predicted molar refractivity (Wildman–Crippen MR) is 142 cm³/mol. The highest BCUT2D eigenvalue weighted by atomic mass is 35.5. The number of nitrogens with one attached hydrogen (secondary N) is 2. The van der Waals surface area contributed by atoms with Crippen LogP contribution in [0.25, 0.3) is 10.9 Å². The van der Waals surface area contributed by atoms with Crippen molar-refractivity contribution in [1.82, 2.24) is 14.9 Å². The van der Waals surface area contributed by atoms with E-state index in [2.05, 4.69) is 25.5 Å². The number of amides is 1. The molecule has 3 fully saturated rings. The van der Waals surface area contributed by atoms with Gasteiger partial charge in [-0.3, -0.25) is 9.69 Å². The molecule has 11 heteroatoms. The Morgan fingerprint density at radius 1 is 1.26 bits per heavy atom. The number of carbonyl (C=O) groups is 1. The molecule has 1 amide bonds. The van der Waals surface area contributed by atoms with Crippen molar-refractivity contribution in [3.05, 3.63) is 59.7 Å². The van der Waals surface area contributed by atoms with Crippen molar-refractivity contribution >= 4 is 45.6 Å². The van der Waals surface area contributed by atoms with E-state index in [-0.39, 0.29) is 17.0 Å². The summed E-state index contributed by atoms with van der Waals surface area (Å²) in [7, 11) is 0. The number of halogens is 2. The third kappa shape index (κ3) is 5.44. The lowest BCUT2D eigenvalue weighted by Crippen LogP contribution is -2.36. The molecule has 3 aliphatic rings. The third-order valence-electron chi connectivity index (χ3n) is 6.98. The van der Waals surface area contributed by atoms with E-state index in [0.29, 0.717) is 65.7 Å². The molecule has 0 aliphatic carbocycles. The molecule has 2 N–H and O–H groups in total. The highest BCUT2D eigenvalue weighted by Gasteiger charge is 2.38. The van der Waals surface area contributed by atoms with Gasteiger partial charge in [-0.25, -0.2) is 14.4 Å². The zero-order valence-corrected chi connectivity index (χ0v) is 21.3. The van der Waals surface area contributed by atoms with Crippen LogP contribution in [-0.2, 0) is 14.3 Å². The molecule has 38 heavy (non-hydrogen) atoms. The third-order valence-corrected chi connectivity index (χ3v) is 7.27. The van der Waals surface area contributed by atoms with Crippen LogP contribution in [0.2, 0.25) is 5.02 Å². The monoisotopic (exact) mass is 539 g/mol. The number of aromatic nitrogens is 2. The van der Waals surface area contributed by atoms with Crippen molar-refractivity contribution in [3.8, 4) is 5.75 Å². The van der Waals surface area contributed by atoms with Crippen LogP contribution in [0.3, 0.4) is 0 Å². The van der Waals surface area contributed by atoms with Crippen LogP contribution in [-0.4, -0.2) is 71.9 Å². The first-order chi connectivity index (χ1) is 18.5. The maximum absolute atomic E-state index is 13.6. The molecule has 0 spiro atoms. The number of ether oxygens (including phenoxy) is 3. The van der Waals surface area contributed by atoms with Crippen LogP contribution >= 0.6 is 11.6 Å². The SMILES string of the molecule is O=C(/C=C/CN1C[C@@H]2C[C@H]1CO2)Nc1cc2c(Nc3ccc(F)c(Cl)c3)ncnc2cc1O[C@H]1CCOC1. The van der Waals surface area contributed by atoms with E-state index in [1.807, 2.05) is 6.08 Å². The minimum Gasteiger partial charge on any atom is -0.486 e. The summed E-state index contributed by atoms with van der Waals surface area (Å²) in [4.78, 5) is 24.0. The molecule has 2 aromatic carbocycles. The second kappa shape index (κ2) is 10.8. The first kappa shape index (κ1) is 25.0. The topological polar surface area (TPSA) is 97.8 Å². The number of hydrogen-bond donors (Lipinski definition) is 2. The van der Waals surface area contributed by atoms with Crippen LogP contribution in [0.4, 0.5) is 21.6 Å². The first-order valence-corrected chi connectivity index (χ1v) is 13.0. The molecule has 0 radical (unpaired) electrons. The fraction of sp³-hybridized carbons (Fsp3) is 0.370. The van der Waals surface area contributed by atoms with E-state index in [1.165, 1.54) is 18.5 Å². The van der Waals surface area contributed by atoms with E-state index in [0.717, 1.165) is 26.0 Å². The van der Waals surface area contributed by atoms with Crippen molar-refractivity contribution in [2.75, 3.05) is 43.5 Å². The lowest BCUT2D eigenvalue weighted by molar-refractivity contribution is -0.111. The van der Waals surface area contributed by atoms with Gasteiger partial charge in [0.05, 0.1) is 42.2 Å². The molecule has 4 heterocycles. The van der Waals surface area contributed by atoms with Gasteiger partial charge in [-0.05, 0) is 30.7 Å². The predicted octanol–water partition coefficient (Wildman–Crippen LogP) is 4.30. The summed E-state index contributed by atoms with van der Waals surface area (Å²) in [5.41, 5.74) is 1.67. The van der Waals surface area contributed by atoms with Crippen molar-refractivity contribution in [2.45, 2.75) is 31.1 Å². The van der Waals surface area contributed by atoms with Crippen LogP contribution in [0.5, 0.6) is 5.75 Å². The molecule has 6 rings (SSSR count). The largest absolute Gasteiger partial charge is 0.486 e. The van der Waals surface area contributed by atoms with Gasteiger partial charge >= 0.3 is 0 Å². The lowest BCUT2D eigenvalue weighted by Gasteiger charge is -2.25. The van der Waals surface area contributed by atoms with Gasteiger partial charge in [0.25, 0.3) is 0 Å². The molecule has 3 saturated heterocycles. The molecule has 0 unspecified atom stereocenters. The zero-order chi connectivity index (χ0) is 26.1. The maximum Gasteiger partial charge on any atom is 0.248 e. The fourth-order valence-corrected chi connectivity index (χ4v) is 5.23. The Hall–Kier alpha value is -3.31. The smallest absolute Gasteiger partial charge is 0.248 e. The minimum absolute atomic E-state index is 0.00291. The summed E-state index contributed by atoms with van der Waals surface area (Å²) < 4.78 is 30.9. The van der Waals surface area contributed by atoms with E-state index in [1.54, 1.807) is 24.3 Å². The Kier molecular flexibility index (Phi) is 7.12. The van der Waals surface area contributed by atoms with Crippen LogP contribution < -0.4 is 15.4 Å². The van der Waals surface area contributed by atoms with Gasteiger partial charge in [0.1, 0.15) is 29.8 Å². The summed E-state index contributed by atoms with van der Waals surface area (Å²) >= 11 is 5.95. The highest BCUT2D eigenvalue weighted by Crippen LogP contribution is 2.35. The highest BCUT2D eigenvalue weighted by molar-refractivity contribution is 6.31. The van der Waals surface area contributed by atoms with Crippen molar-refractivity contribution in [1.29, 1.82) is 0 Å². The second-order valence-corrected chi connectivity index (χ2v) is 10.0. The molecule has 1 aromatic heterocycles. The van der Waals surface area contributed by atoms with Gasteiger partial charge in [-0.2, -0.15) is 0 Å². The maximum atomic E-state index is 13.6. The molecule has 3 atom stereocenters. The van der Waals surface area contributed by atoms with E-state index in [9.17, 15) is 9.18 Å². The summed E-state index contributed by atoms with van der Waals surface area (Å²) in [6.07, 6.45) is 6.86.